The van der Waals surface area contributed by atoms with Gasteiger partial charge in [0.25, 0.3) is 0 Å². The minimum atomic E-state index is 0.390. The lowest BCUT2D eigenvalue weighted by Crippen LogP contribution is -2.18. The molecular weight excluding hydrogens is 162 g/mol. The summed E-state index contributed by atoms with van der Waals surface area (Å²) in [7, 11) is 2.16. The van der Waals surface area contributed by atoms with Crippen molar-refractivity contribution in [1.82, 2.24) is 0 Å². The molecule has 0 amide bonds. The molecule has 13 heavy (non-hydrogen) atoms. The highest BCUT2D eigenvalue weighted by Gasteiger charge is 2.43. The molecule has 2 unspecified atom stereocenters. The van der Waals surface area contributed by atoms with Crippen molar-refractivity contribution < 1.29 is 4.74 Å². The van der Waals surface area contributed by atoms with Crippen LogP contribution in [0.15, 0.2) is 24.3 Å². The Morgan fingerprint density at radius 2 is 2.23 bits per heavy atom. The van der Waals surface area contributed by atoms with Gasteiger partial charge in [-0.15, -0.1) is 0 Å². The van der Waals surface area contributed by atoms with Gasteiger partial charge in [0.15, 0.2) is 0 Å². The van der Waals surface area contributed by atoms with Crippen LogP contribution in [-0.2, 0) is 4.74 Å². The van der Waals surface area contributed by atoms with Crippen LogP contribution in [0.1, 0.15) is 18.1 Å². The Labute approximate surface area is 78.1 Å². The minimum absolute atomic E-state index is 0.390. The largest absolute Gasteiger partial charge is 0.374 e. The van der Waals surface area contributed by atoms with E-state index in [2.05, 4.69) is 36.2 Å². The fraction of sp³-hybridized carbons (Fsp3) is 0.455. The van der Waals surface area contributed by atoms with E-state index in [4.69, 9.17) is 4.74 Å². The number of ether oxygens (including phenoxy) is 1. The van der Waals surface area contributed by atoms with Crippen LogP contribution in [0.2, 0.25) is 0 Å². The van der Waals surface area contributed by atoms with Crippen LogP contribution < -0.4 is 4.90 Å². The summed E-state index contributed by atoms with van der Waals surface area (Å²) >= 11 is 0. The maximum Gasteiger partial charge on any atom is 0.111 e. The second kappa shape index (κ2) is 2.48. The lowest BCUT2D eigenvalue weighted by Gasteiger charge is -2.19. The molecule has 0 spiro atoms. The summed E-state index contributed by atoms with van der Waals surface area (Å²) in [5.41, 5.74) is 2.71. The van der Waals surface area contributed by atoms with Gasteiger partial charge in [-0.1, -0.05) is 18.2 Å². The van der Waals surface area contributed by atoms with E-state index < -0.39 is 0 Å². The van der Waals surface area contributed by atoms with E-state index in [0.29, 0.717) is 12.2 Å². The Morgan fingerprint density at radius 1 is 1.38 bits per heavy atom. The number of hydrogen-bond donors (Lipinski definition) is 0. The van der Waals surface area contributed by atoms with Crippen molar-refractivity contribution in [2.45, 2.75) is 18.6 Å². The molecule has 0 radical (unpaired) electrons. The molecule has 0 aromatic heterocycles. The van der Waals surface area contributed by atoms with E-state index in [1.807, 2.05) is 0 Å². The second-order valence-electron chi connectivity index (χ2n) is 3.86. The molecule has 1 fully saturated rings. The lowest BCUT2D eigenvalue weighted by molar-refractivity contribution is 0.363. The number of epoxide rings is 1. The SMILES string of the molecule is CN1CCC2OC2c2ccccc21. The van der Waals surface area contributed by atoms with Gasteiger partial charge in [-0.05, 0) is 12.5 Å². The number of fused-ring (bicyclic) bond motifs is 3. The van der Waals surface area contributed by atoms with Crippen LogP contribution in [-0.4, -0.2) is 19.7 Å². The molecule has 68 valence electrons. The average molecular weight is 175 g/mol. The Balaban J connectivity index is 2.10. The zero-order valence-electron chi connectivity index (χ0n) is 7.73. The maximum atomic E-state index is 5.61. The van der Waals surface area contributed by atoms with Gasteiger partial charge in [0, 0.05) is 24.8 Å². The molecule has 1 aromatic carbocycles. The molecule has 1 aromatic rings. The molecule has 2 heteroatoms. The van der Waals surface area contributed by atoms with Crippen molar-refractivity contribution in [2.75, 3.05) is 18.5 Å². The highest BCUT2D eigenvalue weighted by Crippen LogP contribution is 2.46. The molecule has 2 atom stereocenters. The molecular formula is C11H13NO. The van der Waals surface area contributed by atoms with Crippen LogP contribution in [0.5, 0.6) is 0 Å². The van der Waals surface area contributed by atoms with E-state index >= 15 is 0 Å². The van der Waals surface area contributed by atoms with E-state index in [-0.39, 0.29) is 0 Å². The first-order chi connectivity index (χ1) is 6.36. The van der Waals surface area contributed by atoms with Crippen molar-refractivity contribution in [3.8, 4) is 0 Å². The van der Waals surface area contributed by atoms with E-state index in [9.17, 15) is 0 Å². The zero-order valence-corrected chi connectivity index (χ0v) is 7.73. The molecule has 3 rings (SSSR count). The first-order valence-electron chi connectivity index (χ1n) is 4.82. The van der Waals surface area contributed by atoms with Gasteiger partial charge in [-0.25, -0.2) is 0 Å². The summed E-state index contributed by atoms with van der Waals surface area (Å²) in [6.07, 6.45) is 2.04. The third-order valence-electron chi connectivity index (χ3n) is 2.99. The summed E-state index contributed by atoms with van der Waals surface area (Å²) in [4.78, 5) is 2.32. The van der Waals surface area contributed by atoms with E-state index in [0.717, 1.165) is 13.0 Å². The highest BCUT2D eigenvalue weighted by atomic mass is 16.6. The minimum Gasteiger partial charge on any atom is -0.374 e. The molecule has 2 aliphatic rings. The van der Waals surface area contributed by atoms with Gasteiger partial charge < -0.3 is 9.64 Å². The first kappa shape index (κ1) is 7.39. The van der Waals surface area contributed by atoms with Crippen LogP contribution >= 0.6 is 0 Å². The van der Waals surface area contributed by atoms with Gasteiger partial charge in [-0.2, -0.15) is 0 Å². The smallest absolute Gasteiger partial charge is 0.111 e. The van der Waals surface area contributed by atoms with Gasteiger partial charge in [0.2, 0.25) is 0 Å². The van der Waals surface area contributed by atoms with Gasteiger partial charge >= 0.3 is 0 Å². The van der Waals surface area contributed by atoms with Crippen molar-refractivity contribution in [3.63, 3.8) is 0 Å². The topological polar surface area (TPSA) is 15.8 Å². The number of rotatable bonds is 0. The number of anilines is 1. The molecule has 1 saturated heterocycles. The highest BCUT2D eigenvalue weighted by molar-refractivity contribution is 5.56. The average Bonchev–Trinajstić information content (AvgIpc) is 2.92. The zero-order chi connectivity index (χ0) is 8.84. The maximum absolute atomic E-state index is 5.61. The van der Waals surface area contributed by atoms with Crippen LogP contribution in [0.4, 0.5) is 5.69 Å². The number of benzene rings is 1. The van der Waals surface area contributed by atoms with Crippen LogP contribution in [0, 0.1) is 0 Å². The normalized spacial score (nSPS) is 30.4. The predicted octanol–water partition coefficient (Wildman–Crippen LogP) is 1.97. The quantitative estimate of drug-likeness (QED) is 0.560. The third kappa shape index (κ3) is 1.05. The Morgan fingerprint density at radius 3 is 3.15 bits per heavy atom. The fourth-order valence-corrected chi connectivity index (χ4v) is 2.15. The monoisotopic (exact) mass is 175 g/mol. The summed E-state index contributed by atoms with van der Waals surface area (Å²) in [5, 5.41) is 0. The number of hydrogen-bond acceptors (Lipinski definition) is 2. The molecule has 0 N–H and O–H groups in total. The fourth-order valence-electron chi connectivity index (χ4n) is 2.15. The number of para-hydroxylation sites is 1. The van der Waals surface area contributed by atoms with Gasteiger partial charge in [0.1, 0.15) is 6.10 Å². The molecule has 0 bridgehead atoms. The Kier molecular flexibility index (Phi) is 1.41. The summed E-state index contributed by atoms with van der Waals surface area (Å²) in [6.45, 7) is 1.11. The van der Waals surface area contributed by atoms with Gasteiger partial charge in [-0.3, -0.25) is 0 Å². The first-order valence-corrected chi connectivity index (χ1v) is 4.82. The van der Waals surface area contributed by atoms with E-state index in [1.54, 1.807) is 0 Å². The van der Waals surface area contributed by atoms with Crippen LogP contribution in [0.3, 0.4) is 0 Å². The third-order valence-corrected chi connectivity index (χ3v) is 2.99. The molecule has 2 heterocycles. The Hall–Kier alpha value is -1.02. The lowest BCUT2D eigenvalue weighted by atomic mass is 10.1. The number of nitrogens with zero attached hydrogens (tertiary/aromatic N) is 1. The molecule has 0 saturated carbocycles. The molecule has 2 nitrogen and oxygen atoms in total. The standard InChI is InChI=1S/C11H13NO/c1-12-7-6-10-11(13-10)8-4-2-3-5-9(8)12/h2-5,10-11H,6-7H2,1H3. The predicted molar refractivity (Wildman–Crippen MR) is 51.9 cm³/mol. The molecule has 0 aliphatic carbocycles. The second-order valence-corrected chi connectivity index (χ2v) is 3.86. The summed E-state index contributed by atoms with van der Waals surface area (Å²) in [6, 6.07) is 8.55. The van der Waals surface area contributed by atoms with Gasteiger partial charge in [0.05, 0.1) is 6.10 Å². The molecule has 2 aliphatic heterocycles. The Bertz CT molecular complexity index is 316. The summed E-state index contributed by atoms with van der Waals surface area (Å²) < 4.78 is 5.61. The van der Waals surface area contributed by atoms with Crippen molar-refractivity contribution >= 4 is 5.69 Å². The van der Waals surface area contributed by atoms with Crippen molar-refractivity contribution in [1.29, 1.82) is 0 Å². The summed E-state index contributed by atoms with van der Waals surface area (Å²) in [5.74, 6) is 0. The van der Waals surface area contributed by atoms with Crippen molar-refractivity contribution in [3.05, 3.63) is 29.8 Å². The van der Waals surface area contributed by atoms with Crippen LogP contribution in [0.25, 0.3) is 0 Å². The van der Waals surface area contributed by atoms with E-state index in [1.165, 1.54) is 11.3 Å². The van der Waals surface area contributed by atoms with Crippen molar-refractivity contribution in [2.24, 2.45) is 0 Å².